The molecule has 0 amide bonds. The Morgan fingerprint density at radius 2 is 2.23 bits per heavy atom. The zero-order valence-electron chi connectivity index (χ0n) is 12.6. The number of imidazole rings is 1. The van der Waals surface area contributed by atoms with Gasteiger partial charge in [0.25, 0.3) is 0 Å². The highest BCUT2D eigenvalue weighted by atomic mass is 16.5. The maximum atomic E-state index is 5.88. The summed E-state index contributed by atoms with van der Waals surface area (Å²) in [5.74, 6) is 1.47. The lowest BCUT2D eigenvalue weighted by atomic mass is 10.1. The number of nitrogens with two attached hydrogens (primary N) is 1. The number of methoxy groups -OCH3 is 1. The van der Waals surface area contributed by atoms with Gasteiger partial charge in [0.2, 0.25) is 5.95 Å². The maximum Gasteiger partial charge on any atom is 0.224 e. The molecule has 7 nitrogen and oxygen atoms in total. The summed E-state index contributed by atoms with van der Waals surface area (Å²) in [5, 5.41) is 3.39. The number of rotatable bonds is 5. The van der Waals surface area contributed by atoms with Crippen LogP contribution in [0.1, 0.15) is 25.3 Å². The van der Waals surface area contributed by atoms with E-state index < -0.39 is 0 Å². The Morgan fingerprint density at radius 3 is 3.00 bits per heavy atom. The van der Waals surface area contributed by atoms with E-state index >= 15 is 0 Å². The number of allylic oxidation sites excluding steroid dienone is 1. The van der Waals surface area contributed by atoms with Gasteiger partial charge in [-0.05, 0) is 19.3 Å². The van der Waals surface area contributed by atoms with Gasteiger partial charge in [0.1, 0.15) is 0 Å². The van der Waals surface area contributed by atoms with E-state index in [1.54, 1.807) is 7.11 Å². The molecule has 2 atom stereocenters. The summed E-state index contributed by atoms with van der Waals surface area (Å²) >= 11 is 0. The number of ether oxygens (including phenoxy) is 1. The summed E-state index contributed by atoms with van der Waals surface area (Å²) < 4.78 is 7.32. The van der Waals surface area contributed by atoms with Crippen LogP contribution in [0.2, 0.25) is 0 Å². The Hall–Kier alpha value is -2.15. The van der Waals surface area contributed by atoms with Crippen molar-refractivity contribution in [2.45, 2.75) is 31.3 Å². The van der Waals surface area contributed by atoms with Crippen molar-refractivity contribution in [1.82, 2.24) is 19.5 Å². The second-order valence-electron chi connectivity index (χ2n) is 6.08. The van der Waals surface area contributed by atoms with Crippen molar-refractivity contribution >= 4 is 22.9 Å². The fourth-order valence-corrected chi connectivity index (χ4v) is 2.99. The lowest BCUT2D eigenvalue weighted by molar-refractivity contribution is 0.166. The van der Waals surface area contributed by atoms with Crippen LogP contribution >= 0.6 is 0 Å². The first-order valence-corrected chi connectivity index (χ1v) is 7.68. The second kappa shape index (κ2) is 5.24. The van der Waals surface area contributed by atoms with Crippen molar-refractivity contribution in [2.75, 3.05) is 24.8 Å². The normalized spacial score (nSPS) is 24.2. The Labute approximate surface area is 128 Å². The number of hydrogen-bond donors (Lipinski definition) is 2. The Morgan fingerprint density at radius 1 is 1.36 bits per heavy atom. The number of nitrogens with one attached hydrogen (secondary N) is 1. The van der Waals surface area contributed by atoms with Crippen LogP contribution in [0, 0.1) is 5.92 Å². The van der Waals surface area contributed by atoms with Crippen molar-refractivity contribution in [3.05, 3.63) is 18.5 Å². The van der Waals surface area contributed by atoms with Gasteiger partial charge in [0.15, 0.2) is 17.0 Å². The molecule has 3 N–H and O–H groups in total. The van der Waals surface area contributed by atoms with Gasteiger partial charge in [-0.15, -0.1) is 0 Å². The minimum atomic E-state index is 0.244. The van der Waals surface area contributed by atoms with Gasteiger partial charge < -0.3 is 20.4 Å². The zero-order chi connectivity index (χ0) is 15.1. The molecule has 116 valence electrons. The minimum Gasteiger partial charge on any atom is -0.384 e. The average molecular weight is 300 g/mol. The first-order chi connectivity index (χ1) is 10.7. The Balaban J connectivity index is 1.67. The standard InChI is InChI=1S/C15H20N6O/c1-22-7-9-2-5-11(6-9)21-8-17-12-13(18-10-3-4-10)19-15(16)20-14(12)21/h2,5,8-11H,3-4,6-7H2,1H3,(H3,16,18,19,20)/t9-,11+/m1/s1. The molecule has 22 heavy (non-hydrogen) atoms. The third kappa shape index (κ3) is 2.41. The van der Waals surface area contributed by atoms with Crippen molar-refractivity contribution in [3.8, 4) is 0 Å². The van der Waals surface area contributed by atoms with Crippen molar-refractivity contribution in [1.29, 1.82) is 0 Å². The molecule has 0 aromatic carbocycles. The van der Waals surface area contributed by atoms with Crippen LogP contribution in [0.4, 0.5) is 11.8 Å². The first kappa shape index (κ1) is 13.5. The predicted octanol–water partition coefficient (Wildman–Crippen LogP) is 1.75. The molecule has 2 aromatic heterocycles. The number of nitrogens with zero attached hydrogens (tertiary/aromatic N) is 4. The molecule has 2 aromatic rings. The van der Waals surface area contributed by atoms with Crippen molar-refractivity contribution in [2.24, 2.45) is 5.92 Å². The molecule has 1 fully saturated rings. The molecule has 7 heteroatoms. The highest BCUT2D eigenvalue weighted by Gasteiger charge is 2.26. The van der Waals surface area contributed by atoms with Crippen molar-refractivity contribution < 1.29 is 4.74 Å². The van der Waals surface area contributed by atoms with Gasteiger partial charge in [-0.1, -0.05) is 12.2 Å². The second-order valence-corrected chi connectivity index (χ2v) is 6.08. The van der Waals surface area contributed by atoms with Gasteiger partial charge in [0.05, 0.1) is 19.0 Å². The molecule has 1 saturated carbocycles. The summed E-state index contributed by atoms with van der Waals surface area (Å²) in [4.78, 5) is 13.2. The molecule has 2 aliphatic rings. The summed E-state index contributed by atoms with van der Waals surface area (Å²) in [6.07, 6.45) is 9.58. The fraction of sp³-hybridized carbons (Fsp3) is 0.533. The van der Waals surface area contributed by atoms with Gasteiger partial charge in [-0.25, -0.2) is 4.98 Å². The Bertz CT molecular complexity index is 720. The highest BCUT2D eigenvalue weighted by Crippen LogP contribution is 2.33. The number of anilines is 2. The molecule has 0 saturated heterocycles. The van der Waals surface area contributed by atoms with Crippen LogP contribution in [0.3, 0.4) is 0 Å². The van der Waals surface area contributed by atoms with E-state index in [1.807, 2.05) is 6.33 Å². The molecule has 4 rings (SSSR count). The Kier molecular flexibility index (Phi) is 3.22. The molecule has 0 unspecified atom stereocenters. The largest absolute Gasteiger partial charge is 0.384 e. The number of aromatic nitrogens is 4. The molecule has 0 spiro atoms. The number of nitrogen functional groups attached to an aromatic ring is 1. The monoisotopic (exact) mass is 300 g/mol. The fourth-order valence-electron chi connectivity index (χ4n) is 2.99. The topological polar surface area (TPSA) is 90.9 Å². The summed E-state index contributed by atoms with van der Waals surface area (Å²) in [7, 11) is 1.73. The van der Waals surface area contributed by atoms with E-state index in [-0.39, 0.29) is 12.0 Å². The highest BCUT2D eigenvalue weighted by molar-refractivity contribution is 5.84. The average Bonchev–Trinajstić information content (AvgIpc) is 3.02. The summed E-state index contributed by atoms with van der Waals surface area (Å²) in [5.41, 5.74) is 7.47. The molecule has 0 aliphatic heterocycles. The van der Waals surface area contributed by atoms with Gasteiger partial charge in [0, 0.05) is 19.1 Å². The third-order valence-corrected chi connectivity index (χ3v) is 4.24. The molecule has 2 aliphatic carbocycles. The van der Waals surface area contributed by atoms with Crippen LogP contribution in [0.15, 0.2) is 18.5 Å². The van der Waals surface area contributed by atoms with Crippen LogP contribution < -0.4 is 11.1 Å². The lowest BCUT2D eigenvalue weighted by Crippen LogP contribution is -2.10. The van der Waals surface area contributed by atoms with Crippen LogP contribution in [-0.4, -0.2) is 39.3 Å². The molecule has 0 bridgehead atoms. The molecule has 2 heterocycles. The molecule has 0 radical (unpaired) electrons. The predicted molar refractivity (Wildman–Crippen MR) is 84.5 cm³/mol. The smallest absolute Gasteiger partial charge is 0.224 e. The van der Waals surface area contributed by atoms with Crippen molar-refractivity contribution in [3.63, 3.8) is 0 Å². The number of hydrogen-bond acceptors (Lipinski definition) is 6. The quantitative estimate of drug-likeness (QED) is 0.817. The van der Waals surface area contributed by atoms with Gasteiger partial charge >= 0.3 is 0 Å². The van der Waals surface area contributed by atoms with E-state index in [2.05, 4.69) is 37.0 Å². The maximum absolute atomic E-state index is 5.88. The zero-order valence-corrected chi connectivity index (χ0v) is 12.6. The molecular formula is C15H20N6O. The van der Waals surface area contributed by atoms with Crippen LogP contribution in [-0.2, 0) is 4.74 Å². The SMILES string of the molecule is COC[C@@H]1C=C[C@H](n2cnc3c(NC4CC4)nc(N)nc32)C1. The molecular weight excluding hydrogens is 280 g/mol. The summed E-state index contributed by atoms with van der Waals surface area (Å²) in [6.45, 7) is 0.741. The van der Waals surface area contributed by atoms with E-state index in [0.717, 1.165) is 30.0 Å². The summed E-state index contributed by atoms with van der Waals surface area (Å²) in [6, 6.07) is 0.744. The third-order valence-electron chi connectivity index (χ3n) is 4.24. The van der Waals surface area contributed by atoms with E-state index in [4.69, 9.17) is 10.5 Å². The van der Waals surface area contributed by atoms with Gasteiger partial charge in [-0.2, -0.15) is 9.97 Å². The first-order valence-electron chi connectivity index (χ1n) is 7.68. The van der Waals surface area contributed by atoms with Crippen LogP contribution in [0.5, 0.6) is 0 Å². The van der Waals surface area contributed by atoms with Gasteiger partial charge in [-0.3, -0.25) is 0 Å². The van der Waals surface area contributed by atoms with E-state index in [9.17, 15) is 0 Å². The number of fused-ring (bicyclic) bond motifs is 1. The van der Waals surface area contributed by atoms with E-state index in [1.165, 1.54) is 12.8 Å². The lowest BCUT2D eigenvalue weighted by Gasteiger charge is -2.14. The van der Waals surface area contributed by atoms with Crippen LogP contribution in [0.25, 0.3) is 11.2 Å². The minimum absolute atomic E-state index is 0.244. The van der Waals surface area contributed by atoms with E-state index in [0.29, 0.717) is 12.0 Å².